The zero-order chi connectivity index (χ0) is 16.5. The van der Waals surface area contributed by atoms with Crippen molar-refractivity contribution < 1.29 is 19.4 Å². The third-order valence-electron chi connectivity index (χ3n) is 3.24. The molecule has 1 amide bonds. The summed E-state index contributed by atoms with van der Waals surface area (Å²) in [4.78, 5) is 22.1. The van der Waals surface area contributed by atoms with E-state index < -0.39 is 18.4 Å². The van der Waals surface area contributed by atoms with Crippen LogP contribution in [0.1, 0.15) is 22.3 Å². The van der Waals surface area contributed by atoms with Crippen molar-refractivity contribution in [3.05, 3.63) is 65.7 Å². The van der Waals surface area contributed by atoms with E-state index in [-0.39, 0.29) is 0 Å². The number of carboxylic acids is 1. The largest absolute Gasteiger partial charge is 0.494 e. The van der Waals surface area contributed by atoms with Crippen molar-refractivity contribution in [1.29, 1.82) is 0 Å². The Morgan fingerprint density at radius 3 is 2.35 bits per heavy atom. The van der Waals surface area contributed by atoms with Crippen LogP contribution in [0.5, 0.6) is 5.75 Å². The third-order valence-corrected chi connectivity index (χ3v) is 3.24. The van der Waals surface area contributed by atoms with Gasteiger partial charge in [-0.1, -0.05) is 30.3 Å². The first-order chi connectivity index (χ1) is 11.1. The Morgan fingerprint density at radius 2 is 1.70 bits per heavy atom. The van der Waals surface area contributed by atoms with Gasteiger partial charge in [-0.25, -0.2) is 0 Å². The minimum absolute atomic E-state index is 0.392. The minimum atomic E-state index is -1.07. The second kappa shape index (κ2) is 8.58. The molecule has 0 heterocycles. The first-order valence-electron chi connectivity index (χ1n) is 7.42. The molecule has 0 saturated carbocycles. The lowest BCUT2D eigenvalue weighted by Gasteiger charge is -2.07. The molecule has 23 heavy (non-hydrogen) atoms. The molecule has 5 heteroatoms. The highest BCUT2D eigenvalue weighted by Gasteiger charge is 2.07. The molecule has 2 aromatic carbocycles. The molecule has 2 rings (SSSR count). The van der Waals surface area contributed by atoms with Crippen molar-refractivity contribution >= 4 is 11.9 Å². The standard InChI is InChI=1S/C18H19NO4/c20-17(21)13-19-18(22)15-8-10-16(11-9-15)23-12-4-7-14-5-2-1-3-6-14/h1-3,5-6,8-11H,4,7,12-13H2,(H,19,22)(H,20,21). The molecule has 0 bridgehead atoms. The van der Waals surface area contributed by atoms with Crippen LogP contribution in [0, 0.1) is 0 Å². The predicted molar refractivity (Wildman–Crippen MR) is 86.7 cm³/mol. The van der Waals surface area contributed by atoms with Gasteiger partial charge in [0.15, 0.2) is 0 Å². The fourth-order valence-electron chi connectivity index (χ4n) is 2.07. The van der Waals surface area contributed by atoms with Crippen LogP contribution < -0.4 is 10.1 Å². The molecule has 0 aromatic heterocycles. The second-order valence-corrected chi connectivity index (χ2v) is 5.04. The van der Waals surface area contributed by atoms with E-state index in [1.165, 1.54) is 5.56 Å². The number of aliphatic carboxylic acids is 1. The van der Waals surface area contributed by atoms with Gasteiger partial charge < -0.3 is 15.2 Å². The molecule has 0 spiro atoms. The molecule has 0 aliphatic carbocycles. The summed E-state index contributed by atoms with van der Waals surface area (Å²) >= 11 is 0. The van der Waals surface area contributed by atoms with Crippen LogP contribution in [0.25, 0.3) is 0 Å². The van der Waals surface area contributed by atoms with Crippen LogP contribution in [-0.4, -0.2) is 30.1 Å². The minimum Gasteiger partial charge on any atom is -0.494 e. The van der Waals surface area contributed by atoms with Crippen LogP contribution in [-0.2, 0) is 11.2 Å². The number of hydrogen-bond acceptors (Lipinski definition) is 3. The third kappa shape index (κ3) is 5.82. The average molecular weight is 313 g/mol. The number of rotatable bonds is 8. The monoisotopic (exact) mass is 313 g/mol. The first kappa shape index (κ1) is 16.5. The van der Waals surface area contributed by atoms with Crippen molar-refractivity contribution in [3.8, 4) is 5.75 Å². The van der Waals surface area contributed by atoms with E-state index in [4.69, 9.17) is 9.84 Å². The summed E-state index contributed by atoms with van der Waals surface area (Å²) in [6.45, 7) is 0.204. The number of carboxylic acid groups (broad SMARTS) is 1. The number of carbonyl (C=O) groups excluding carboxylic acids is 1. The van der Waals surface area contributed by atoms with Gasteiger partial charge in [-0.15, -0.1) is 0 Å². The van der Waals surface area contributed by atoms with Gasteiger partial charge in [-0.05, 0) is 42.7 Å². The van der Waals surface area contributed by atoms with Crippen LogP contribution in [0.3, 0.4) is 0 Å². The maximum absolute atomic E-state index is 11.7. The van der Waals surface area contributed by atoms with E-state index in [1.54, 1.807) is 24.3 Å². The Bertz CT molecular complexity index is 638. The van der Waals surface area contributed by atoms with Crippen molar-refractivity contribution in [2.75, 3.05) is 13.2 Å². The van der Waals surface area contributed by atoms with Crippen molar-refractivity contribution in [3.63, 3.8) is 0 Å². The zero-order valence-corrected chi connectivity index (χ0v) is 12.7. The van der Waals surface area contributed by atoms with Gasteiger partial charge in [0.1, 0.15) is 12.3 Å². The molecule has 0 aliphatic heterocycles. The van der Waals surface area contributed by atoms with Crippen molar-refractivity contribution in [2.24, 2.45) is 0 Å². The van der Waals surface area contributed by atoms with Crippen LogP contribution >= 0.6 is 0 Å². The summed E-state index contributed by atoms with van der Waals surface area (Å²) in [6.07, 6.45) is 1.86. The Labute approximate surface area is 134 Å². The molecule has 0 fully saturated rings. The van der Waals surface area contributed by atoms with Gasteiger partial charge in [0.25, 0.3) is 5.91 Å². The van der Waals surface area contributed by atoms with Crippen LogP contribution in [0.2, 0.25) is 0 Å². The molecular weight excluding hydrogens is 294 g/mol. The van der Waals surface area contributed by atoms with E-state index in [2.05, 4.69) is 17.4 Å². The molecule has 120 valence electrons. The highest BCUT2D eigenvalue weighted by Crippen LogP contribution is 2.13. The molecule has 2 aromatic rings. The Balaban J connectivity index is 1.74. The maximum Gasteiger partial charge on any atom is 0.322 e. The fraction of sp³-hybridized carbons (Fsp3) is 0.222. The molecule has 0 saturated heterocycles. The number of carbonyl (C=O) groups is 2. The smallest absolute Gasteiger partial charge is 0.322 e. The summed E-state index contributed by atoms with van der Waals surface area (Å²) in [7, 11) is 0. The lowest BCUT2D eigenvalue weighted by Crippen LogP contribution is -2.29. The molecule has 5 nitrogen and oxygen atoms in total. The van der Waals surface area contributed by atoms with Gasteiger partial charge in [0.05, 0.1) is 6.61 Å². The Kier molecular flexibility index (Phi) is 6.17. The van der Waals surface area contributed by atoms with E-state index in [0.717, 1.165) is 12.8 Å². The molecule has 2 N–H and O–H groups in total. The summed E-state index contributed by atoms with van der Waals surface area (Å²) in [5.74, 6) is -0.799. The number of ether oxygens (including phenoxy) is 1. The van der Waals surface area contributed by atoms with Gasteiger partial charge in [0.2, 0.25) is 0 Å². The number of nitrogens with one attached hydrogen (secondary N) is 1. The quantitative estimate of drug-likeness (QED) is 0.734. The molecule has 0 atom stereocenters. The molecule has 0 aliphatic rings. The molecule has 0 unspecified atom stereocenters. The highest BCUT2D eigenvalue weighted by molar-refractivity contribution is 5.95. The average Bonchev–Trinajstić information content (AvgIpc) is 2.58. The summed E-state index contributed by atoms with van der Waals surface area (Å²) in [6, 6.07) is 16.8. The van der Waals surface area contributed by atoms with E-state index >= 15 is 0 Å². The van der Waals surface area contributed by atoms with Crippen LogP contribution in [0.4, 0.5) is 0 Å². The number of benzene rings is 2. The number of amides is 1. The highest BCUT2D eigenvalue weighted by atomic mass is 16.5. The molecular formula is C18H19NO4. The van der Waals surface area contributed by atoms with E-state index in [0.29, 0.717) is 17.9 Å². The maximum atomic E-state index is 11.7. The first-order valence-corrected chi connectivity index (χ1v) is 7.42. The lowest BCUT2D eigenvalue weighted by atomic mass is 10.1. The zero-order valence-electron chi connectivity index (χ0n) is 12.7. The van der Waals surface area contributed by atoms with Gasteiger partial charge in [-0.2, -0.15) is 0 Å². The van der Waals surface area contributed by atoms with Gasteiger partial charge >= 0.3 is 5.97 Å². The van der Waals surface area contributed by atoms with E-state index in [9.17, 15) is 9.59 Å². The summed E-state index contributed by atoms with van der Waals surface area (Å²) < 4.78 is 5.63. The van der Waals surface area contributed by atoms with Crippen molar-refractivity contribution in [1.82, 2.24) is 5.32 Å². The fourth-order valence-corrected chi connectivity index (χ4v) is 2.07. The lowest BCUT2D eigenvalue weighted by molar-refractivity contribution is -0.135. The predicted octanol–water partition coefficient (Wildman–Crippen LogP) is 2.51. The summed E-state index contributed by atoms with van der Waals surface area (Å²) in [5, 5.41) is 10.8. The van der Waals surface area contributed by atoms with Crippen LogP contribution in [0.15, 0.2) is 54.6 Å². The van der Waals surface area contributed by atoms with Gasteiger partial charge in [-0.3, -0.25) is 9.59 Å². The van der Waals surface area contributed by atoms with Crippen molar-refractivity contribution in [2.45, 2.75) is 12.8 Å². The number of aryl methyl sites for hydroxylation is 1. The SMILES string of the molecule is O=C(O)CNC(=O)c1ccc(OCCCc2ccccc2)cc1. The van der Waals surface area contributed by atoms with Gasteiger partial charge in [0, 0.05) is 5.56 Å². The Hall–Kier alpha value is -2.82. The second-order valence-electron chi connectivity index (χ2n) is 5.04. The summed E-state index contributed by atoms with van der Waals surface area (Å²) in [5.41, 5.74) is 1.68. The van der Waals surface area contributed by atoms with E-state index in [1.807, 2.05) is 18.2 Å². The number of hydrogen-bond donors (Lipinski definition) is 2. The normalized spacial score (nSPS) is 10.1. The topological polar surface area (TPSA) is 75.6 Å². The molecule has 0 radical (unpaired) electrons. The Morgan fingerprint density at radius 1 is 1.00 bits per heavy atom.